The number of thiophene rings is 1. The van der Waals surface area contributed by atoms with Crippen LogP contribution >= 0.6 is 11.3 Å². The number of pyridine rings is 1. The third-order valence-corrected chi connectivity index (χ3v) is 5.63. The first kappa shape index (κ1) is 15.7. The van der Waals surface area contributed by atoms with Crippen molar-refractivity contribution in [3.63, 3.8) is 0 Å². The summed E-state index contributed by atoms with van der Waals surface area (Å²) in [6, 6.07) is 5.86. The highest BCUT2D eigenvalue weighted by Gasteiger charge is 2.44. The van der Waals surface area contributed by atoms with Gasteiger partial charge in [0.15, 0.2) is 0 Å². The fraction of sp³-hybridized carbons (Fsp3) is 0.444. The number of nitrogens with one attached hydrogen (secondary N) is 1. The van der Waals surface area contributed by atoms with Gasteiger partial charge in [0.2, 0.25) is 5.91 Å². The monoisotopic (exact) mass is 343 g/mol. The quantitative estimate of drug-likeness (QED) is 0.907. The Morgan fingerprint density at radius 3 is 3.17 bits per heavy atom. The lowest BCUT2D eigenvalue weighted by Gasteiger charge is -2.19. The number of ether oxygens (including phenoxy) is 1. The van der Waals surface area contributed by atoms with E-state index in [1.165, 1.54) is 5.56 Å². The summed E-state index contributed by atoms with van der Waals surface area (Å²) < 4.78 is 5.96. The summed E-state index contributed by atoms with van der Waals surface area (Å²) in [6.45, 7) is 3.67. The number of carbonyl (C=O) groups is 1. The topological polar surface area (TPSA) is 54.5 Å². The minimum atomic E-state index is 0.0496. The van der Waals surface area contributed by atoms with Gasteiger partial charge < -0.3 is 10.1 Å². The number of rotatable bonds is 5. The average Bonchev–Trinajstić information content (AvgIpc) is 3.28. The smallest absolute Gasteiger partial charge is 0.224 e. The average molecular weight is 343 g/mol. The second kappa shape index (κ2) is 7.01. The summed E-state index contributed by atoms with van der Waals surface area (Å²) in [5.74, 6) is 0.816. The van der Waals surface area contributed by atoms with Crippen molar-refractivity contribution in [2.45, 2.75) is 19.1 Å². The van der Waals surface area contributed by atoms with E-state index in [2.05, 4.69) is 32.0 Å². The molecule has 4 rings (SSSR count). The van der Waals surface area contributed by atoms with Crippen LogP contribution in [0.25, 0.3) is 0 Å². The maximum absolute atomic E-state index is 12.3. The van der Waals surface area contributed by atoms with Gasteiger partial charge in [0.1, 0.15) is 0 Å². The van der Waals surface area contributed by atoms with Gasteiger partial charge in [-0.05, 0) is 40.4 Å². The largest absolute Gasteiger partial charge is 0.376 e. The molecule has 0 aromatic carbocycles. The molecule has 2 aliphatic rings. The lowest BCUT2D eigenvalue weighted by atomic mass is 9.90. The number of likely N-dealkylation sites (tertiary alicyclic amines) is 1. The molecule has 2 aliphatic heterocycles. The van der Waals surface area contributed by atoms with Gasteiger partial charge in [-0.2, -0.15) is 11.3 Å². The van der Waals surface area contributed by atoms with E-state index in [0.29, 0.717) is 24.9 Å². The van der Waals surface area contributed by atoms with Gasteiger partial charge in [0.25, 0.3) is 0 Å². The zero-order valence-electron chi connectivity index (χ0n) is 13.4. The standard InChI is InChI=1S/C18H21N3O2S/c22-18(20-15-2-1-4-19-7-15)6-14-11-23-17-10-21(9-16(14)17)8-13-3-5-24-12-13/h1-5,7,12,14,16-17H,6,8-11H2,(H,20,22)/t14-,16+,17+/m0/s1. The van der Waals surface area contributed by atoms with Crippen molar-refractivity contribution in [3.8, 4) is 0 Å². The molecule has 0 saturated carbocycles. The Labute approximate surface area is 145 Å². The number of amides is 1. The molecule has 0 unspecified atom stereocenters. The van der Waals surface area contributed by atoms with Crippen LogP contribution in [0.1, 0.15) is 12.0 Å². The molecule has 4 heterocycles. The maximum atomic E-state index is 12.3. The van der Waals surface area contributed by atoms with Crippen LogP contribution in [-0.4, -0.2) is 41.6 Å². The molecule has 126 valence electrons. The van der Waals surface area contributed by atoms with Crippen LogP contribution < -0.4 is 5.32 Å². The minimum absolute atomic E-state index is 0.0496. The Morgan fingerprint density at radius 2 is 2.38 bits per heavy atom. The van der Waals surface area contributed by atoms with Crippen LogP contribution in [-0.2, 0) is 16.1 Å². The summed E-state index contributed by atoms with van der Waals surface area (Å²) in [4.78, 5) is 18.8. The number of carbonyl (C=O) groups excluding carboxylic acids is 1. The summed E-state index contributed by atoms with van der Waals surface area (Å²) in [7, 11) is 0. The molecule has 0 radical (unpaired) electrons. The predicted octanol–water partition coefficient (Wildman–Crippen LogP) is 2.62. The second-order valence-electron chi connectivity index (χ2n) is 6.62. The van der Waals surface area contributed by atoms with E-state index in [1.807, 2.05) is 12.1 Å². The summed E-state index contributed by atoms with van der Waals surface area (Å²) >= 11 is 1.74. The van der Waals surface area contributed by atoms with Crippen LogP contribution in [0, 0.1) is 11.8 Å². The summed E-state index contributed by atoms with van der Waals surface area (Å²) in [6.07, 6.45) is 4.16. The zero-order chi connectivity index (χ0) is 16.4. The van der Waals surface area contributed by atoms with Gasteiger partial charge >= 0.3 is 0 Å². The van der Waals surface area contributed by atoms with Crippen molar-refractivity contribution in [1.82, 2.24) is 9.88 Å². The van der Waals surface area contributed by atoms with Gasteiger partial charge in [0, 0.05) is 38.2 Å². The van der Waals surface area contributed by atoms with E-state index in [9.17, 15) is 4.79 Å². The van der Waals surface area contributed by atoms with Crippen LogP contribution in [0.5, 0.6) is 0 Å². The summed E-state index contributed by atoms with van der Waals surface area (Å²) in [5.41, 5.74) is 2.12. The van der Waals surface area contributed by atoms with E-state index in [1.54, 1.807) is 23.7 Å². The van der Waals surface area contributed by atoms with Gasteiger partial charge in [-0.25, -0.2) is 0 Å². The highest BCUT2D eigenvalue weighted by molar-refractivity contribution is 7.07. The molecule has 6 heteroatoms. The third-order valence-electron chi connectivity index (χ3n) is 4.89. The van der Waals surface area contributed by atoms with Crippen molar-refractivity contribution in [3.05, 3.63) is 46.9 Å². The molecular formula is C18H21N3O2S. The van der Waals surface area contributed by atoms with E-state index >= 15 is 0 Å². The van der Waals surface area contributed by atoms with Gasteiger partial charge in [-0.3, -0.25) is 14.7 Å². The molecule has 2 fully saturated rings. The van der Waals surface area contributed by atoms with Gasteiger partial charge in [-0.1, -0.05) is 0 Å². The molecule has 1 N–H and O–H groups in total. The predicted molar refractivity (Wildman–Crippen MR) is 93.8 cm³/mol. The van der Waals surface area contributed by atoms with Crippen molar-refractivity contribution in [2.75, 3.05) is 25.0 Å². The first-order chi connectivity index (χ1) is 11.8. The Hall–Kier alpha value is -1.76. The Kier molecular flexibility index (Phi) is 4.60. The lowest BCUT2D eigenvalue weighted by molar-refractivity contribution is -0.117. The lowest BCUT2D eigenvalue weighted by Crippen LogP contribution is -2.26. The number of anilines is 1. The van der Waals surface area contributed by atoms with Gasteiger partial charge in [0.05, 0.1) is 24.6 Å². The minimum Gasteiger partial charge on any atom is -0.376 e. The number of nitrogens with zero attached hydrogens (tertiary/aromatic N) is 2. The molecule has 2 aromatic heterocycles. The first-order valence-electron chi connectivity index (χ1n) is 8.33. The van der Waals surface area contributed by atoms with Crippen LogP contribution in [0.15, 0.2) is 41.4 Å². The van der Waals surface area contributed by atoms with Crippen molar-refractivity contribution in [1.29, 1.82) is 0 Å². The molecule has 5 nitrogen and oxygen atoms in total. The van der Waals surface area contributed by atoms with Crippen molar-refractivity contribution < 1.29 is 9.53 Å². The third kappa shape index (κ3) is 3.50. The number of fused-ring (bicyclic) bond motifs is 1. The fourth-order valence-corrected chi connectivity index (χ4v) is 4.41. The molecular weight excluding hydrogens is 322 g/mol. The van der Waals surface area contributed by atoms with Crippen molar-refractivity contribution >= 4 is 22.9 Å². The zero-order valence-corrected chi connectivity index (χ0v) is 14.2. The molecule has 24 heavy (non-hydrogen) atoms. The molecule has 2 aromatic rings. The maximum Gasteiger partial charge on any atom is 0.224 e. The SMILES string of the molecule is O=C(C[C@H]1CO[C@@H]2CN(Cc3ccsc3)C[C@H]12)Nc1cccnc1. The van der Waals surface area contributed by atoms with E-state index < -0.39 is 0 Å². The van der Waals surface area contributed by atoms with Crippen LogP contribution in [0.4, 0.5) is 5.69 Å². The van der Waals surface area contributed by atoms with Crippen molar-refractivity contribution in [2.24, 2.45) is 11.8 Å². The highest BCUT2D eigenvalue weighted by Crippen LogP contribution is 2.36. The number of hydrogen-bond acceptors (Lipinski definition) is 5. The van der Waals surface area contributed by atoms with Crippen LogP contribution in [0.2, 0.25) is 0 Å². The van der Waals surface area contributed by atoms with E-state index in [0.717, 1.165) is 25.3 Å². The van der Waals surface area contributed by atoms with E-state index in [-0.39, 0.29) is 12.0 Å². The van der Waals surface area contributed by atoms with Gasteiger partial charge in [-0.15, -0.1) is 0 Å². The highest BCUT2D eigenvalue weighted by atomic mass is 32.1. The molecule has 0 aliphatic carbocycles. The molecule has 3 atom stereocenters. The number of hydrogen-bond donors (Lipinski definition) is 1. The fourth-order valence-electron chi connectivity index (χ4n) is 3.75. The normalized spacial score (nSPS) is 26.4. The molecule has 2 saturated heterocycles. The Bertz CT molecular complexity index is 677. The first-order valence-corrected chi connectivity index (χ1v) is 9.27. The Balaban J connectivity index is 1.31. The summed E-state index contributed by atoms with van der Waals surface area (Å²) in [5, 5.41) is 7.25. The molecule has 0 bridgehead atoms. The second-order valence-corrected chi connectivity index (χ2v) is 7.40. The van der Waals surface area contributed by atoms with E-state index in [4.69, 9.17) is 4.74 Å². The Morgan fingerprint density at radius 1 is 1.42 bits per heavy atom. The number of aromatic nitrogens is 1. The molecule has 0 spiro atoms. The molecule has 1 amide bonds. The van der Waals surface area contributed by atoms with Crippen LogP contribution in [0.3, 0.4) is 0 Å².